The van der Waals surface area contributed by atoms with Crippen LogP contribution in [0.3, 0.4) is 0 Å². The lowest BCUT2D eigenvalue weighted by Crippen LogP contribution is -2.18. The lowest BCUT2D eigenvalue weighted by atomic mass is 10.1. The Morgan fingerprint density at radius 3 is 2.43 bits per heavy atom. The van der Waals surface area contributed by atoms with Crippen molar-refractivity contribution in [3.8, 4) is 22.7 Å². The molecule has 3 rings (SSSR count). The zero-order valence-corrected chi connectivity index (χ0v) is 15.2. The Bertz CT molecular complexity index is 1200. The number of nitrogens with two attached hydrogens (primary N) is 1. The average molecular weight is 434 g/mol. The Hall–Kier alpha value is -2.70. The van der Waals surface area contributed by atoms with Crippen LogP contribution in [-0.2, 0) is 10.0 Å². The molecule has 3 aromatic rings. The monoisotopic (exact) mass is 434 g/mol. The highest BCUT2D eigenvalue weighted by atomic mass is 32.2. The maximum absolute atomic E-state index is 14.1. The molecule has 0 fully saturated rings. The number of rotatable bonds is 4. The van der Waals surface area contributed by atoms with Crippen molar-refractivity contribution in [3.63, 3.8) is 0 Å². The molecule has 2 aromatic carbocycles. The fourth-order valence-corrected chi connectivity index (χ4v) is 3.81. The van der Waals surface area contributed by atoms with Gasteiger partial charge in [0.25, 0.3) is 0 Å². The van der Waals surface area contributed by atoms with Crippen molar-refractivity contribution >= 4 is 21.4 Å². The van der Waals surface area contributed by atoms with Gasteiger partial charge in [-0.1, -0.05) is 23.5 Å². The quantitative estimate of drug-likeness (QED) is 0.639. The highest BCUT2D eigenvalue weighted by molar-refractivity contribution is 7.89. The van der Waals surface area contributed by atoms with Crippen LogP contribution in [0.25, 0.3) is 16.9 Å². The molecule has 0 saturated carbocycles. The number of sulfonamides is 1. The molecule has 0 atom stereocenters. The van der Waals surface area contributed by atoms with E-state index in [0.717, 1.165) is 40.2 Å². The van der Waals surface area contributed by atoms with E-state index in [-0.39, 0.29) is 16.9 Å². The summed E-state index contributed by atoms with van der Waals surface area (Å²) in [5.41, 5.74) is 0.336. The van der Waals surface area contributed by atoms with Crippen LogP contribution in [0.4, 0.5) is 17.6 Å². The second-order valence-corrected chi connectivity index (χ2v) is 7.81. The van der Waals surface area contributed by atoms with Crippen molar-refractivity contribution in [1.29, 1.82) is 0 Å². The van der Waals surface area contributed by atoms with E-state index in [1.165, 1.54) is 23.6 Å². The van der Waals surface area contributed by atoms with E-state index in [2.05, 4.69) is 4.74 Å². The maximum atomic E-state index is 14.1. The third kappa shape index (κ3) is 4.24. The first-order valence-corrected chi connectivity index (χ1v) is 9.78. The number of benzene rings is 2. The Kier molecular flexibility index (Phi) is 5.04. The summed E-state index contributed by atoms with van der Waals surface area (Å²) in [6, 6.07) is 7.74. The highest BCUT2D eigenvalue weighted by Gasteiger charge is 2.31. The molecular formula is C16H10F4N2O4S2. The summed E-state index contributed by atoms with van der Waals surface area (Å²) in [5, 5.41) is 6.28. The summed E-state index contributed by atoms with van der Waals surface area (Å²) < 4.78 is 79.0. The maximum Gasteiger partial charge on any atom is 0.573 e. The third-order valence-electron chi connectivity index (χ3n) is 3.54. The molecule has 0 aliphatic carbocycles. The second-order valence-electron chi connectivity index (χ2n) is 5.46. The van der Waals surface area contributed by atoms with Crippen LogP contribution in [0.5, 0.6) is 5.75 Å². The number of thiazole rings is 1. The number of hydrogen-bond donors (Lipinski definition) is 1. The van der Waals surface area contributed by atoms with Crippen LogP contribution in [-0.4, -0.2) is 19.3 Å². The summed E-state index contributed by atoms with van der Waals surface area (Å²) in [6.07, 6.45) is -4.91. The molecule has 1 aromatic heterocycles. The first-order chi connectivity index (χ1) is 13.0. The zero-order valence-electron chi connectivity index (χ0n) is 13.6. The van der Waals surface area contributed by atoms with Gasteiger partial charge in [-0.05, 0) is 24.3 Å². The molecular weight excluding hydrogens is 424 g/mol. The van der Waals surface area contributed by atoms with E-state index in [1.807, 2.05) is 0 Å². The molecule has 148 valence electrons. The van der Waals surface area contributed by atoms with Crippen LogP contribution >= 0.6 is 11.3 Å². The van der Waals surface area contributed by atoms with Crippen LogP contribution in [0.15, 0.2) is 57.5 Å². The molecule has 0 aliphatic heterocycles. The summed E-state index contributed by atoms with van der Waals surface area (Å²) in [4.78, 5) is 11.0. The van der Waals surface area contributed by atoms with E-state index in [1.54, 1.807) is 0 Å². The molecule has 0 bridgehead atoms. The molecule has 0 radical (unpaired) electrons. The van der Waals surface area contributed by atoms with Crippen LogP contribution in [0.2, 0.25) is 0 Å². The third-order valence-corrected chi connectivity index (χ3v) is 5.21. The van der Waals surface area contributed by atoms with Crippen molar-refractivity contribution in [2.75, 3.05) is 0 Å². The van der Waals surface area contributed by atoms with Crippen molar-refractivity contribution in [1.82, 2.24) is 4.57 Å². The molecule has 6 nitrogen and oxygen atoms in total. The lowest BCUT2D eigenvalue weighted by molar-refractivity contribution is -0.274. The van der Waals surface area contributed by atoms with E-state index in [9.17, 15) is 30.8 Å². The van der Waals surface area contributed by atoms with Gasteiger partial charge in [-0.2, -0.15) is 0 Å². The molecule has 28 heavy (non-hydrogen) atoms. The Morgan fingerprint density at radius 1 is 1.11 bits per heavy atom. The number of primary sulfonamides is 1. The number of nitrogens with zero attached hydrogens (tertiary/aromatic N) is 1. The minimum Gasteiger partial charge on any atom is -0.406 e. The van der Waals surface area contributed by atoms with Gasteiger partial charge in [-0.3, -0.25) is 9.36 Å². The molecule has 2 N–H and O–H groups in total. The van der Waals surface area contributed by atoms with Crippen LogP contribution < -0.4 is 14.7 Å². The van der Waals surface area contributed by atoms with Gasteiger partial charge in [0, 0.05) is 17.0 Å². The summed E-state index contributed by atoms with van der Waals surface area (Å²) in [6.45, 7) is 0. The van der Waals surface area contributed by atoms with Crippen molar-refractivity contribution < 1.29 is 30.7 Å². The van der Waals surface area contributed by atoms with Gasteiger partial charge in [0.05, 0.1) is 11.4 Å². The summed E-state index contributed by atoms with van der Waals surface area (Å²) >= 11 is 0.734. The fourth-order valence-electron chi connectivity index (χ4n) is 2.46. The standard InChI is InChI=1S/C16H10F4N2O4S2/c17-12-6-9(4-5-14(12)28(21,24)25)13-8-27-15(23)22(13)10-2-1-3-11(7-10)26-16(18,19)20/h1-8H,(H2,21,24,25). The highest BCUT2D eigenvalue weighted by Crippen LogP contribution is 2.29. The van der Waals surface area contributed by atoms with E-state index in [0.29, 0.717) is 0 Å². The van der Waals surface area contributed by atoms with Gasteiger partial charge in [0.15, 0.2) is 0 Å². The van der Waals surface area contributed by atoms with E-state index < -0.39 is 37.7 Å². The Labute approximate surface area is 159 Å². The second kappa shape index (κ2) is 7.04. The minimum atomic E-state index is -4.91. The summed E-state index contributed by atoms with van der Waals surface area (Å²) in [7, 11) is -4.28. The number of hydrogen-bond acceptors (Lipinski definition) is 5. The van der Waals surface area contributed by atoms with Gasteiger partial charge in [-0.25, -0.2) is 17.9 Å². The van der Waals surface area contributed by atoms with Gasteiger partial charge in [0.2, 0.25) is 10.0 Å². The predicted octanol–water partition coefficient (Wildman–Crippen LogP) is 3.25. The fraction of sp³-hybridized carbons (Fsp3) is 0.0625. The zero-order chi connectivity index (χ0) is 20.7. The van der Waals surface area contributed by atoms with Crippen molar-refractivity contribution in [3.05, 3.63) is 63.3 Å². The van der Waals surface area contributed by atoms with Gasteiger partial charge in [-0.15, -0.1) is 13.2 Å². The first-order valence-electron chi connectivity index (χ1n) is 7.35. The summed E-state index contributed by atoms with van der Waals surface area (Å²) in [5.74, 6) is -1.66. The topological polar surface area (TPSA) is 91.4 Å². The number of ether oxygens (including phenoxy) is 1. The molecule has 0 spiro atoms. The van der Waals surface area contributed by atoms with E-state index in [4.69, 9.17) is 5.14 Å². The van der Waals surface area contributed by atoms with Crippen LogP contribution in [0.1, 0.15) is 0 Å². The molecule has 0 aliphatic rings. The molecule has 0 unspecified atom stereocenters. The SMILES string of the molecule is NS(=O)(=O)c1ccc(-c2csc(=O)n2-c2cccc(OC(F)(F)F)c2)cc1F. The predicted molar refractivity (Wildman–Crippen MR) is 93.4 cm³/mol. The molecule has 0 amide bonds. The normalized spacial score (nSPS) is 12.2. The van der Waals surface area contributed by atoms with Crippen LogP contribution in [0, 0.1) is 5.82 Å². The number of alkyl halides is 3. The van der Waals surface area contributed by atoms with Crippen molar-refractivity contribution in [2.24, 2.45) is 5.14 Å². The molecule has 1 heterocycles. The Balaban J connectivity index is 2.11. The van der Waals surface area contributed by atoms with E-state index >= 15 is 0 Å². The number of halogens is 4. The van der Waals surface area contributed by atoms with Gasteiger partial charge >= 0.3 is 11.2 Å². The Morgan fingerprint density at radius 2 is 1.82 bits per heavy atom. The van der Waals surface area contributed by atoms with Gasteiger partial charge in [0.1, 0.15) is 16.5 Å². The lowest BCUT2D eigenvalue weighted by Gasteiger charge is -2.12. The average Bonchev–Trinajstić information content (AvgIpc) is 2.94. The largest absolute Gasteiger partial charge is 0.573 e. The molecule has 12 heteroatoms. The smallest absolute Gasteiger partial charge is 0.406 e. The van der Waals surface area contributed by atoms with Gasteiger partial charge < -0.3 is 4.74 Å². The minimum absolute atomic E-state index is 0.0546. The number of aromatic nitrogens is 1. The first kappa shape index (κ1) is 20.0. The molecule has 0 saturated heterocycles. The van der Waals surface area contributed by atoms with Crippen molar-refractivity contribution in [2.45, 2.75) is 11.3 Å².